The van der Waals surface area contributed by atoms with Crippen LogP contribution in [0.15, 0.2) is 76.5 Å². The normalized spacial score (nSPS) is 11.0. The number of carbonyl (C=O) groups is 1. The lowest BCUT2D eigenvalue weighted by molar-refractivity contribution is -0.119. The van der Waals surface area contributed by atoms with Gasteiger partial charge in [-0.05, 0) is 54.4 Å². The molecule has 0 radical (unpaired) electrons. The van der Waals surface area contributed by atoms with Crippen molar-refractivity contribution in [3.8, 4) is 11.5 Å². The van der Waals surface area contributed by atoms with Gasteiger partial charge in [-0.1, -0.05) is 24.3 Å². The van der Waals surface area contributed by atoms with Crippen LogP contribution in [0.4, 0.5) is 10.1 Å². The number of anilines is 1. The van der Waals surface area contributed by atoms with E-state index < -0.39 is 15.7 Å². The van der Waals surface area contributed by atoms with Gasteiger partial charge in [0.2, 0.25) is 15.7 Å². The lowest BCUT2D eigenvalue weighted by Crippen LogP contribution is -2.31. The summed E-state index contributed by atoms with van der Waals surface area (Å²) >= 11 is 0. The highest BCUT2D eigenvalue weighted by atomic mass is 32.2. The maximum Gasteiger partial charge on any atom is 0.239 e. The Hall–Kier alpha value is -3.59. The van der Waals surface area contributed by atoms with Crippen molar-refractivity contribution < 1.29 is 27.1 Å². The quantitative estimate of drug-likeness (QED) is 0.470. The van der Waals surface area contributed by atoms with Gasteiger partial charge in [-0.3, -0.25) is 4.79 Å². The monoisotopic (exact) mass is 472 g/mol. The minimum absolute atomic E-state index is 0.0398. The molecule has 0 fully saturated rings. The highest BCUT2D eigenvalue weighted by Gasteiger charge is 2.22. The van der Waals surface area contributed by atoms with E-state index in [-0.39, 0.29) is 27.9 Å². The van der Waals surface area contributed by atoms with Gasteiger partial charge in [0.05, 0.1) is 36.2 Å². The van der Waals surface area contributed by atoms with E-state index in [4.69, 9.17) is 9.47 Å². The average Bonchev–Trinajstić information content (AvgIpc) is 2.83. The average molecular weight is 473 g/mol. The van der Waals surface area contributed by atoms with Crippen LogP contribution in [0.3, 0.4) is 0 Å². The van der Waals surface area contributed by atoms with Gasteiger partial charge in [0.25, 0.3) is 0 Å². The van der Waals surface area contributed by atoms with Crippen LogP contribution in [-0.2, 0) is 21.1 Å². The second-order valence-electron chi connectivity index (χ2n) is 7.10. The molecule has 0 aliphatic rings. The zero-order valence-corrected chi connectivity index (χ0v) is 19.1. The predicted molar refractivity (Wildman–Crippen MR) is 123 cm³/mol. The van der Waals surface area contributed by atoms with Gasteiger partial charge in [0, 0.05) is 6.54 Å². The van der Waals surface area contributed by atoms with Crippen molar-refractivity contribution in [2.24, 2.45) is 0 Å². The first-order valence-electron chi connectivity index (χ1n) is 10.2. The van der Waals surface area contributed by atoms with Gasteiger partial charge < -0.3 is 20.1 Å². The molecular weight excluding hydrogens is 447 g/mol. The van der Waals surface area contributed by atoms with Crippen molar-refractivity contribution in [3.63, 3.8) is 0 Å². The summed E-state index contributed by atoms with van der Waals surface area (Å²) in [7, 11) is -0.851. The fourth-order valence-electron chi connectivity index (χ4n) is 3.21. The second kappa shape index (κ2) is 10.8. The summed E-state index contributed by atoms with van der Waals surface area (Å²) in [5, 5.41) is 5.58. The molecule has 3 aromatic carbocycles. The molecule has 0 aromatic heterocycles. The number of sulfone groups is 1. The molecule has 0 heterocycles. The Balaban J connectivity index is 1.62. The Morgan fingerprint density at radius 3 is 2.36 bits per heavy atom. The maximum atomic E-state index is 13.8. The van der Waals surface area contributed by atoms with Crippen molar-refractivity contribution >= 4 is 21.4 Å². The van der Waals surface area contributed by atoms with Gasteiger partial charge in [-0.25, -0.2) is 12.8 Å². The van der Waals surface area contributed by atoms with E-state index in [1.165, 1.54) is 18.2 Å². The molecule has 9 heteroatoms. The molecule has 0 aliphatic carbocycles. The lowest BCUT2D eigenvalue weighted by atomic mass is 10.1. The molecule has 3 rings (SSSR count). The number of hydrogen-bond donors (Lipinski definition) is 2. The molecule has 0 unspecified atom stereocenters. The molecule has 0 bridgehead atoms. The second-order valence-corrected chi connectivity index (χ2v) is 9.02. The number of hydrogen-bond acceptors (Lipinski definition) is 6. The summed E-state index contributed by atoms with van der Waals surface area (Å²) in [6.07, 6.45) is 0.566. The van der Waals surface area contributed by atoms with Gasteiger partial charge >= 0.3 is 0 Å². The van der Waals surface area contributed by atoms with Crippen LogP contribution in [0.2, 0.25) is 0 Å². The molecule has 3 aromatic rings. The van der Waals surface area contributed by atoms with Gasteiger partial charge in [0.15, 0.2) is 11.5 Å². The fourth-order valence-corrected chi connectivity index (χ4v) is 4.68. The van der Waals surface area contributed by atoms with E-state index >= 15 is 0 Å². The number of halogens is 1. The van der Waals surface area contributed by atoms with Crippen molar-refractivity contribution in [1.82, 2.24) is 5.32 Å². The molecule has 0 saturated heterocycles. The molecule has 33 heavy (non-hydrogen) atoms. The summed E-state index contributed by atoms with van der Waals surface area (Å²) in [6.45, 7) is 0.198. The summed E-state index contributed by atoms with van der Waals surface area (Å²) in [4.78, 5) is 12.1. The SMILES string of the molecule is COc1ccc(CCNC(=O)CNc2ccc(F)cc2S(=O)(=O)c2ccccc2)cc1OC. The highest BCUT2D eigenvalue weighted by Crippen LogP contribution is 2.29. The first-order chi connectivity index (χ1) is 15.8. The lowest BCUT2D eigenvalue weighted by Gasteiger charge is -2.13. The molecule has 174 valence electrons. The van der Waals surface area contributed by atoms with Crippen molar-refractivity contribution in [2.45, 2.75) is 16.2 Å². The van der Waals surface area contributed by atoms with Crippen molar-refractivity contribution in [1.29, 1.82) is 0 Å². The zero-order chi connectivity index (χ0) is 23.8. The third-order valence-electron chi connectivity index (χ3n) is 4.91. The van der Waals surface area contributed by atoms with Crippen LogP contribution in [0.1, 0.15) is 5.56 Å². The highest BCUT2D eigenvalue weighted by molar-refractivity contribution is 7.91. The number of ether oxygens (including phenoxy) is 2. The maximum absolute atomic E-state index is 13.8. The summed E-state index contributed by atoms with van der Waals surface area (Å²) in [5.74, 6) is 0.207. The molecule has 0 saturated carbocycles. The van der Waals surface area contributed by atoms with Crippen LogP contribution in [0.5, 0.6) is 11.5 Å². The van der Waals surface area contributed by atoms with Gasteiger partial charge in [-0.2, -0.15) is 0 Å². The summed E-state index contributed by atoms with van der Waals surface area (Å²) in [5.41, 5.74) is 1.10. The van der Waals surface area contributed by atoms with Gasteiger partial charge in [-0.15, -0.1) is 0 Å². The van der Waals surface area contributed by atoms with Crippen LogP contribution in [-0.4, -0.2) is 41.6 Å². The van der Waals surface area contributed by atoms with Crippen LogP contribution in [0, 0.1) is 5.82 Å². The van der Waals surface area contributed by atoms with E-state index in [0.29, 0.717) is 24.5 Å². The molecule has 0 atom stereocenters. The first-order valence-corrected chi connectivity index (χ1v) is 11.6. The Morgan fingerprint density at radius 2 is 1.67 bits per heavy atom. The number of rotatable bonds is 10. The summed E-state index contributed by atoms with van der Waals surface area (Å²) in [6, 6.07) is 16.6. The molecule has 0 aliphatic heterocycles. The predicted octanol–water partition coefficient (Wildman–Crippen LogP) is 3.45. The van der Waals surface area contributed by atoms with Crippen LogP contribution < -0.4 is 20.1 Å². The van der Waals surface area contributed by atoms with Crippen LogP contribution in [0.25, 0.3) is 0 Å². The number of amides is 1. The minimum atomic E-state index is -3.96. The van der Waals surface area contributed by atoms with E-state index in [9.17, 15) is 17.6 Å². The van der Waals surface area contributed by atoms with Gasteiger partial charge in [0.1, 0.15) is 5.82 Å². The Labute approximate surface area is 192 Å². The minimum Gasteiger partial charge on any atom is -0.493 e. The zero-order valence-electron chi connectivity index (χ0n) is 18.3. The Bertz CT molecular complexity index is 1220. The first kappa shape index (κ1) is 24.1. The van der Waals surface area contributed by atoms with Crippen LogP contribution >= 0.6 is 0 Å². The van der Waals surface area contributed by atoms with E-state index in [0.717, 1.165) is 17.7 Å². The summed E-state index contributed by atoms with van der Waals surface area (Å²) < 4.78 is 50.2. The van der Waals surface area contributed by atoms with E-state index in [2.05, 4.69) is 10.6 Å². The van der Waals surface area contributed by atoms with Crippen molar-refractivity contribution in [3.05, 3.63) is 78.1 Å². The molecular formula is C24H25FN2O5S. The number of carbonyl (C=O) groups excluding carboxylic acids is 1. The van der Waals surface area contributed by atoms with E-state index in [1.54, 1.807) is 38.5 Å². The van der Waals surface area contributed by atoms with Crippen molar-refractivity contribution in [2.75, 3.05) is 32.6 Å². The topological polar surface area (TPSA) is 93.7 Å². The number of methoxy groups -OCH3 is 2. The Morgan fingerprint density at radius 1 is 0.939 bits per heavy atom. The molecule has 0 spiro atoms. The number of nitrogens with one attached hydrogen (secondary N) is 2. The van der Waals surface area contributed by atoms with E-state index in [1.807, 2.05) is 12.1 Å². The Kier molecular flexibility index (Phi) is 7.89. The molecule has 1 amide bonds. The fraction of sp³-hybridized carbons (Fsp3) is 0.208. The molecule has 7 nitrogen and oxygen atoms in total. The third kappa shape index (κ3) is 6.01. The third-order valence-corrected chi connectivity index (χ3v) is 6.72. The largest absolute Gasteiger partial charge is 0.493 e. The molecule has 2 N–H and O–H groups in total. The number of benzene rings is 3. The smallest absolute Gasteiger partial charge is 0.239 e. The standard InChI is InChI=1S/C24H25FN2O5S/c1-31-21-11-8-17(14-22(21)32-2)12-13-26-24(28)16-27-20-10-9-18(25)15-23(20)33(29,30)19-6-4-3-5-7-19/h3-11,14-15,27H,12-13,16H2,1-2H3,(H,26,28).